The molecule has 0 fully saturated rings. The first-order valence-corrected chi connectivity index (χ1v) is 10.8. The first kappa shape index (κ1) is 25.8. The Balaban J connectivity index is 1.90. The molecule has 7 heteroatoms. The summed E-state index contributed by atoms with van der Waals surface area (Å²) in [4.78, 5) is 36.4. The topological polar surface area (TPSA) is 96.9 Å². The normalized spacial score (nSPS) is 11.8. The zero-order valence-electron chi connectivity index (χ0n) is 20.2. The summed E-state index contributed by atoms with van der Waals surface area (Å²) in [5.41, 5.74) is 3.92. The molecular formula is C26H33N3O4. The van der Waals surface area contributed by atoms with Crippen LogP contribution in [0.1, 0.15) is 70.3 Å². The maximum atomic E-state index is 12.3. The number of hydrogen-bond donors (Lipinski definition) is 2. The number of amides is 2. The van der Waals surface area contributed by atoms with Crippen molar-refractivity contribution in [1.29, 1.82) is 0 Å². The molecule has 2 N–H and O–H groups in total. The van der Waals surface area contributed by atoms with Crippen molar-refractivity contribution < 1.29 is 19.1 Å². The lowest BCUT2D eigenvalue weighted by molar-refractivity contribution is -0.136. The third-order valence-electron chi connectivity index (χ3n) is 4.27. The maximum absolute atomic E-state index is 12.3. The summed E-state index contributed by atoms with van der Waals surface area (Å²) in [5, 5.41) is 6.80. The largest absolute Gasteiger partial charge is 0.426 e. The molecule has 0 spiro atoms. The van der Waals surface area contributed by atoms with Gasteiger partial charge in [0.1, 0.15) is 5.75 Å². The van der Waals surface area contributed by atoms with Gasteiger partial charge < -0.3 is 10.1 Å². The van der Waals surface area contributed by atoms with E-state index in [4.69, 9.17) is 4.74 Å². The summed E-state index contributed by atoms with van der Waals surface area (Å²) in [6.07, 6.45) is 2.18. The number of hydrazone groups is 1. The summed E-state index contributed by atoms with van der Waals surface area (Å²) < 4.78 is 5.38. The van der Waals surface area contributed by atoms with Gasteiger partial charge in [0.05, 0.1) is 12.6 Å². The first-order valence-electron chi connectivity index (χ1n) is 10.8. The lowest BCUT2D eigenvalue weighted by atomic mass is 9.92. The SMILES string of the molecule is CC(C)(C)CC(=O)Nc1ccc(C(=O)N/N=C/c2cccc(OC(=O)CC(C)(C)C)c2)cc1. The molecule has 0 aliphatic carbocycles. The van der Waals surface area contributed by atoms with Gasteiger partial charge in [0.2, 0.25) is 5.91 Å². The zero-order valence-corrected chi connectivity index (χ0v) is 20.2. The van der Waals surface area contributed by atoms with E-state index in [0.717, 1.165) is 0 Å². The van der Waals surface area contributed by atoms with Gasteiger partial charge in [0.25, 0.3) is 5.91 Å². The van der Waals surface area contributed by atoms with Gasteiger partial charge in [-0.2, -0.15) is 5.10 Å². The van der Waals surface area contributed by atoms with Gasteiger partial charge in [-0.1, -0.05) is 53.7 Å². The molecule has 2 rings (SSSR count). The molecule has 0 bridgehead atoms. The van der Waals surface area contributed by atoms with Crippen molar-refractivity contribution in [2.24, 2.45) is 15.9 Å². The van der Waals surface area contributed by atoms with Crippen molar-refractivity contribution in [2.45, 2.75) is 54.4 Å². The number of ether oxygens (including phenoxy) is 1. The third kappa shape index (κ3) is 10.1. The first-order chi connectivity index (χ1) is 15.3. The summed E-state index contributed by atoms with van der Waals surface area (Å²) in [6, 6.07) is 13.5. The van der Waals surface area contributed by atoms with Gasteiger partial charge in [0.15, 0.2) is 0 Å². The molecule has 0 aliphatic rings. The van der Waals surface area contributed by atoms with Crippen molar-refractivity contribution in [1.82, 2.24) is 5.43 Å². The van der Waals surface area contributed by atoms with Gasteiger partial charge >= 0.3 is 5.97 Å². The number of esters is 1. The Labute approximate surface area is 195 Å². The predicted molar refractivity (Wildman–Crippen MR) is 130 cm³/mol. The van der Waals surface area contributed by atoms with E-state index in [0.29, 0.717) is 35.4 Å². The van der Waals surface area contributed by atoms with Gasteiger partial charge in [-0.25, -0.2) is 5.43 Å². The molecule has 176 valence electrons. The van der Waals surface area contributed by atoms with E-state index in [-0.39, 0.29) is 28.6 Å². The highest BCUT2D eigenvalue weighted by Gasteiger charge is 2.18. The molecule has 0 radical (unpaired) electrons. The molecule has 0 heterocycles. The van der Waals surface area contributed by atoms with Crippen LogP contribution in [0.4, 0.5) is 5.69 Å². The number of nitrogens with zero attached hydrogens (tertiary/aromatic N) is 1. The van der Waals surface area contributed by atoms with Crippen molar-refractivity contribution >= 4 is 29.7 Å². The van der Waals surface area contributed by atoms with Crippen LogP contribution in [0.25, 0.3) is 0 Å². The van der Waals surface area contributed by atoms with Crippen molar-refractivity contribution in [2.75, 3.05) is 5.32 Å². The zero-order chi connectivity index (χ0) is 24.6. The van der Waals surface area contributed by atoms with E-state index >= 15 is 0 Å². The predicted octanol–water partition coefficient (Wildman–Crippen LogP) is 5.17. The van der Waals surface area contributed by atoms with E-state index in [1.165, 1.54) is 6.21 Å². The molecule has 2 aromatic rings. The molecule has 0 aromatic heterocycles. The number of anilines is 1. The molecule has 0 unspecified atom stereocenters. The average Bonchev–Trinajstić information content (AvgIpc) is 2.65. The molecule has 2 aromatic carbocycles. The minimum Gasteiger partial charge on any atom is -0.426 e. The van der Waals surface area contributed by atoms with Crippen molar-refractivity contribution in [3.63, 3.8) is 0 Å². The van der Waals surface area contributed by atoms with Crippen LogP contribution in [-0.4, -0.2) is 24.0 Å². The molecule has 7 nitrogen and oxygen atoms in total. The molecular weight excluding hydrogens is 418 g/mol. The van der Waals surface area contributed by atoms with Gasteiger partial charge in [0, 0.05) is 17.7 Å². The van der Waals surface area contributed by atoms with Crippen LogP contribution in [0.5, 0.6) is 5.75 Å². The minimum absolute atomic E-state index is 0.0735. The highest BCUT2D eigenvalue weighted by atomic mass is 16.5. The Kier molecular flexibility index (Phi) is 8.51. The van der Waals surface area contributed by atoms with Crippen LogP contribution in [0, 0.1) is 10.8 Å². The molecule has 0 atom stereocenters. The lowest BCUT2D eigenvalue weighted by Crippen LogP contribution is -2.20. The van der Waals surface area contributed by atoms with Crippen LogP contribution in [0.3, 0.4) is 0 Å². The van der Waals surface area contributed by atoms with Gasteiger partial charge in [-0.15, -0.1) is 0 Å². The fraction of sp³-hybridized carbons (Fsp3) is 0.385. The second kappa shape index (κ2) is 10.9. The van der Waals surface area contributed by atoms with Crippen LogP contribution in [0.2, 0.25) is 0 Å². The van der Waals surface area contributed by atoms with Crippen LogP contribution in [0.15, 0.2) is 53.6 Å². The number of carbonyl (C=O) groups excluding carboxylic acids is 3. The van der Waals surface area contributed by atoms with E-state index in [9.17, 15) is 14.4 Å². The molecule has 2 amide bonds. The Bertz CT molecular complexity index is 1010. The number of benzene rings is 2. The van der Waals surface area contributed by atoms with E-state index in [1.54, 1.807) is 48.5 Å². The maximum Gasteiger partial charge on any atom is 0.311 e. The summed E-state index contributed by atoms with van der Waals surface area (Å²) in [7, 11) is 0. The Morgan fingerprint density at radius 3 is 2.15 bits per heavy atom. The number of nitrogens with one attached hydrogen (secondary N) is 2. The second-order valence-corrected chi connectivity index (χ2v) is 10.3. The average molecular weight is 452 g/mol. The smallest absolute Gasteiger partial charge is 0.311 e. The summed E-state index contributed by atoms with van der Waals surface area (Å²) in [5.74, 6) is -0.339. The van der Waals surface area contributed by atoms with Crippen LogP contribution in [-0.2, 0) is 9.59 Å². The fourth-order valence-electron chi connectivity index (χ4n) is 2.88. The Morgan fingerprint density at radius 1 is 0.909 bits per heavy atom. The van der Waals surface area contributed by atoms with E-state index in [1.807, 2.05) is 41.5 Å². The van der Waals surface area contributed by atoms with Crippen molar-refractivity contribution in [3.8, 4) is 5.75 Å². The standard InChI is InChI=1S/C26H33N3O4/c1-25(2,3)15-22(30)28-20-12-10-19(11-13-20)24(32)29-27-17-18-8-7-9-21(14-18)33-23(31)16-26(4,5)6/h7-14,17H,15-16H2,1-6H3,(H,28,30)(H,29,32)/b27-17+. The molecule has 0 aliphatic heterocycles. The monoisotopic (exact) mass is 451 g/mol. The fourth-order valence-corrected chi connectivity index (χ4v) is 2.88. The number of hydrogen-bond acceptors (Lipinski definition) is 5. The minimum atomic E-state index is -0.383. The Hall–Kier alpha value is -3.48. The van der Waals surface area contributed by atoms with E-state index in [2.05, 4.69) is 15.8 Å². The third-order valence-corrected chi connectivity index (χ3v) is 4.27. The number of rotatable bonds is 7. The molecule has 0 saturated heterocycles. The van der Waals surface area contributed by atoms with Gasteiger partial charge in [-0.05, 0) is 52.8 Å². The quantitative estimate of drug-likeness (QED) is 0.263. The molecule has 33 heavy (non-hydrogen) atoms. The van der Waals surface area contributed by atoms with Gasteiger partial charge in [-0.3, -0.25) is 14.4 Å². The second-order valence-electron chi connectivity index (χ2n) is 10.3. The van der Waals surface area contributed by atoms with Crippen LogP contribution < -0.4 is 15.5 Å². The number of carbonyl (C=O) groups is 3. The van der Waals surface area contributed by atoms with E-state index < -0.39 is 0 Å². The highest BCUT2D eigenvalue weighted by Crippen LogP contribution is 2.21. The molecule has 0 saturated carbocycles. The lowest BCUT2D eigenvalue weighted by Gasteiger charge is -2.17. The summed E-state index contributed by atoms with van der Waals surface area (Å²) >= 11 is 0. The highest BCUT2D eigenvalue weighted by molar-refractivity contribution is 5.96. The van der Waals surface area contributed by atoms with Crippen molar-refractivity contribution in [3.05, 3.63) is 59.7 Å². The Morgan fingerprint density at radius 2 is 1.55 bits per heavy atom. The summed E-state index contributed by atoms with van der Waals surface area (Å²) in [6.45, 7) is 11.9. The van der Waals surface area contributed by atoms with Crippen LogP contribution >= 0.6 is 0 Å².